The Bertz CT molecular complexity index is 1040. The topological polar surface area (TPSA) is 71.5 Å². The van der Waals surface area contributed by atoms with Gasteiger partial charge in [-0.05, 0) is 73.6 Å². The number of pyridine rings is 1. The lowest BCUT2D eigenvalue weighted by atomic mass is 9.90. The van der Waals surface area contributed by atoms with Gasteiger partial charge in [0.15, 0.2) is 0 Å². The van der Waals surface area contributed by atoms with Crippen molar-refractivity contribution in [2.24, 2.45) is 0 Å². The van der Waals surface area contributed by atoms with Crippen molar-refractivity contribution in [3.05, 3.63) is 70.9 Å². The van der Waals surface area contributed by atoms with Gasteiger partial charge in [-0.1, -0.05) is 18.2 Å². The van der Waals surface area contributed by atoms with Crippen LogP contribution in [0.4, 0.5) is 5.69 Å². The second-order valence-electron chi connectivity index (χ2n) is 7.79. The van der Waals surface area contributed by atoms with Crippen LogP contribution in [-0.4, -0.2) is 29.3 Å². The molecule has 0 radical (unpaired) electrons. The fourth-order valence-corrected chi connectivity index (χ4v) is 4.14. The van der Waals surface area contributed by atoms with E-state index in [0.29, 0.717) is 11.6 Å². The summed E-state index contributed by atoms with van der Waals surface area (Å²) in [7, 11) is 0. The van der Waals surface area contributed by atoms with Crippen molar-refractivity contribution < 1.29 is 14.6 Å². The minimum atomic E-state index is -0.933. The Hall–Kier alpha value is -2.92. The standard InChI is InChI=1S/C24H26N2O3/c1-15-11-20(16(2)26-22-6-4-3-5-19(22)24(27)28)21-13-18(14-25-23(21)12-15)17-7-9-29-10-8-17/h3-6,11-14,16-17,26H,7-10H2,1-2H3,(H,27,28)/t16-/m0/s1. The van der Waals surface area contributed by atoms with Crippen LogP contribution in [0.3, 0.4) is 0 Å². The van der Waals surface area contributed by atoms with Gasteiger partial charge in [-0.25, -0.2) is 4.79 Å². The monoisotopic (exact) mass is 390 g/mol. The number of anilines is 1. The fourth-order valence-electron chi connectivity index (χ4n) is 4.14. The van der Waals surface area contributed by atoms with E-state index in [1.165, 1.54) is 5.56 Å². The zero-order valence-corrected chi connectivity index (χ0v) is 16.8. The molecule has 5 nitrogen and oxygen atoms in total. The fraction of sp³-hybridized carbons (Fsp3) is 0.333. The molecule has 0 spiro atoms. The number of ether oxygens (including phenoxy) is 1. The van der Waals surface area contributed by atoms with Gasteiger partial charge in [0.1, 0.15) is 0 Å². The molecule has 2 aromatic carbocycles. The van der Waals surface area contributed by atoms with Gasteiger partial charge in [0.05, 0.1) is 11.1 Å². The zero-order chi connectivity index (χ0) is 20.4. The number of hydrogen-bond acceptors (Lipinski definition) is 4. The van der Waals surface area contributed by atoms with Gasteiger partial charge in [-0.2, -0.15) is 0 Å². The lowest BCUT2D eigenvalue weighted by Crippen LogP contribution is -2.14. The highest BCUT2D eigenvalue weighted by Gasteiger charge is 2.19. The van der Waals surface area contributed by atoms with E-state index in [0.717, 1.165) is 48.1 Å². The first-order valence-corrected chi connectivity index (χ1v) is 10.1. The van der Waals surface area contributed by atoms with Gasteiger partial charge in [-0.3, -0.25) is 4.98 Å². The molecule has 150 valence electrons. The van der Waals surface area contributed by atoms with E-state index in [9.17, 15) is 9.90 Å². The largest absolute Gasteiger partial charge is 0.478 e. The van der Waals surface area contributed by atoms with E-state index in [4.69, 9.17) is 9.72 Å². The number of hydrogen-bond donors (Lipinski definition) is 2. The number of aryl methyl sites for hydroxylation is 1. The number of carbonyl (C=O) groups is 1. The van der Waals surface area contributed by atoms with E-state index < -0.39 is 5.97 Å². The lowest BCUT2D eigenvalue weighted by molar-refractivity contribution is 0.0698. The van der Waals surface area contributed by atoms with Gasteiger partial charge in [0.25, 0.3) is 0 Å². The second-order valence-corrected chi connectivity index (χ2v) is 7.79. The molecule has 1 fully saturated rings. The number of carboxylic acids is 1. The predicted octanol–water partition coefficient (Wildman–Crippen LogP) is 5.31. The zero-order valence-electron chi connectivity index (χ0n) is 16.8. The molecule has 1 saturated heterocycles. The number of aromatic nitrogens is 1. The van der Waals surface area contributed by atoms with Crippen molar-refractivity contribution in [1.82, 2.24) is 4.98 Å². The van der Waals surface area contributed by atoms with Crippen LogP contribution in [0, 0.1) is 6.92 Å². The van der Waals surface area contributed by atoms with Gasteiger partial charge in [0, 0.05) is 36.5 Å². The third-order valence-corrected chi connectivity index (χ3v) is 5.69. The second kappa shape index (κ2) is 8.21. The highest BCUT2D eigenvalue weighted by Crippen LogP contribution is 2.33. The van der Waals surface area contributed by atoms with Crippen molar-refractivity contribution >= 4 is 22.6 Å². The summed E-state index contributed by atoms with van der Waals surface area (Å²) in [6, 6.07) is 13.5. The molecular formula is C24H26N2O3. The van der Waals surface area contributed by atoms with Crippen molar-refractivity contribution in [3.63, 3.8) is 0 Å². The van der Waals surface area contributed by atoms with Crippen molar-refractivity contribution in [3.8, 4) is 0 Å². The number of benzene rings is 2. The van der Waals surface area contributed by atoms with E-state index >= 15 is 0 Å². The highest BCUT2D eigenvalue weighted by atomic mass is 16.5. The third kappa shape index (κ3) is 4.10. The highest BCUT2D eigenvalue weighted by molar-refractivity contribution is 5.94. The maximum Gasteiger partial charge on any atom is 0.337 e. The van der Waals surface area contributed by atoms with E-state index in [1.807, 2.05) is 18.3 Å². The quantitative estimate of drug-likeness (QED) is 0.618. The van der Waals surface area contributed by atoms with Crippen LogP contribution >= 0.6 is 0 Å². The van der Waals surface area contributed by atoms with Crippen LogP contribution in [0.25, 0.3) is 10.9 Å². The normalized spacial score (nSPS) is 15.9. The molecular weight excluding hydrogens is 364 g/mol. The summed E-state index contributed by atoms with van der Waals surface area (Å²) in [5.41, 5.74) is 5.38. The molecule has 4 rings (SSSR count). The van der Waals surface area contributed by atoms with Crippen LogP contribution in [0.1, 0.15) is 58.8 Å². The molecule has 0 bridgehead atoms. The molecule has 1 aliphatic heterocycles. The Morgan fingerprint density at radius 2 is 1.97 bits per heavy atom. The predicted molar refractivity (Wildman–Crippen MR) is 115 cm³/mol. The maximum absolute atomic E-state index is 11.6. The average molecular weight is 390 g/mol. The summed E-state index contributed by atoms with van der Waals surface area (Å²) < 4.78 is 5.50. The molecule has 2 heterocycles. The Labute approximate surface area is 170 Å². The van der Waals surface area contributed by atoms with Gasteiger partial charge in [-0.15, -0.1) is 0 Å². The number of aromatic carboxylic acids is 1. The summed E-state index contributed by atoms with van der Waals surface area (Å²) in [6.07, 6.45) is 4.04. The van der Waals surface area contributed by atoms with E-state index in [2.05, 4.69) is 37.4 Å². The first kappa shape index (κ1) is 19.4. The van der Waals surface area contributed by atoms with E-state index in [-0.39, 0.29) is 11.6 Å². The van der Waals surface area contributed by atoms with Crippen LogP contribution in [0.15, 0.2) is 48.7 Å². The number of carboxylic acid groups (broad SMARTS) is 1. The van der Waals surface area contributed by atoms with Crippen molar-refractivity contribution in [2.45, 2.75) is 38.6 Å². The van der Waals surface area contributed by atoms with Gasteiger partial charge >= 0.3 is 5.97 Å². The molecule has 0 aliphatic carbocycles. The molecule has 1 aromatic heterocycles. The van der Waals surface area contributed by atoms with Crippen molar-refractivity contribution in [1.29, 1.82) is 0 Å². The number of nitrogens with zero attached hydrogens (tertiary/aromatic N) is 1. The minimum absolute atomic E-state index is 0.0651. The SMILES string of the molecule is Cc1cc([C@H](C)Nc2ccccc2C(=O)O)c2cc(C3CCOCC3)cnc2c1. The average Bonchev–Trinajstić information content (AvgIpc) is 2.73. The van der Waals surface area contributed by atoms with Gasteiger partial charge in [0.2, 0.25) is 0 Å². The summed E-state index contributed by atoms with van der Waals surface area (Å²) >= 11 is 0. The van der Waals surface area contributed by atoms with Gasteiger partial charge < -0.3 is 15.2 Å². The summed E-state index contributed by atoms with van der Waals surface area (Å²) in [4.78, 5) is 16.3. The molecule has 5 heteroatoms. The van der Waals surface area contributed by atoms with Crippen LogP contribution in [0.5, 0.6) is 0 Å². The number of rotatable bonds is 5. The number of nitrogens with one attached hydrogen (secondary N) is 1. The Balaban J connectivity index is 1.72. The molecule has 1 atom stereocenters. The summed E-state index contributed by atoms with van der Waals surface area (Å²) in [6.45, 7) is 5.73. The molecule has 0 unspecified atom stereocenters. The number of para-hydroxylation sites is 1. The van der Waals surface area contributed by atoms with Crippen LogP contribution in [0.2, 0.25) is 0 Å². The first-order valence-electron chi connectivity index (χ1n) is 10.1. The molecule has 2 N–H and O–H groups in total. The molecule has 3 aromatic rings. The van der Waals surface area contributed by atoms with Crippen molar-refractivity contribution in [2.75, 3.05) is 18.5 Å². The van der Waals surface area contributed by atoms with Crippen LogP contribution in [-0.2, 0) is 4.74 Å². The van der Waals surface area contributed by atoms with Crippen LogP contribution < -0.4 is 5.32 Å². The third-order valence-electron chi connectivity index (χ3n) is 5.69. The minimum Gasteiger partial charge on any atom is -0.478 e. The first-order chi connectivity index (χ1) is 14.0. The van der Waals surface area contributed by atoms with E-state index in [1.54, 1.807) is 12.1 Å². The molecule has 1 aliphatic rings. The number of fused-ring (bicyclic) bond motifs is 1. The maximum atomic E-state index is 11.6. The molecule has 29 heavy (non-hydrogen) atoms. The lowest BCUT2D eigenvalue weighted by Gasteiger charge is -2.24. The summed E-state index contributed by atoms with van der Waals surface area (Å²) in [5, 5.41) is 14.0. The molecule has 0 amide bonds. The Morgan fingerprint density at radius 3 is 2.72 bits per heavy atom. The Morgan fingerprint density at radius 1 is 1.21 bits per heavy atom. The summed E-state index contributed by atoms with van der Waals surface area (Å²) in [5.74, 6) is -0.455. The smallest absolute Gasteiger partial charge is 0.337 e. The molecule has 0 saturated carbocycles. The Kier molecular flexibility index (Phi) is 5.49.